The Kier molecular flexibility index (Phi) is 8.91. The van der Waals surface area contributed by atoms with Crippen LogP contribution in [0.25, 0.3) is 0 Å². The van der Waals surface area contributed by atoms with Crippen molar-refractivity contribution in [2.75, 3.05) is 13.2 Å². The molecule has 0 unspecified atom stereocenters. The number of ether oxygens (including phenoxy) is 2. The number of benzene rings is 1. The van der Waals surface area contributed by atoms with Crippen LogP contribution in [0.1, 0.15) is 52.0 Å². The number of allylic oxidation sites excluding steroid dienone is 2. The highest BCUT2D eigenvalue weighted by molar-refractivity contribution is 5.34. The Hall–Kier alpha value is -1.28. The van der Waals surface area contributed by atoms with E-state index in [0.717, 1.165) is 44.5 Å². The second kappa shape index (κ2) is 10.4. The van der Waals surface area contributed by atoms with Gasteiger partial charge >= 0.3 is 0 Å². The zero-order valence-electron chi connectivity index (χ0n) is 14.4. The summed E-state index contributed by atoms with van der Waals surface area (Å²) in [5.74, 6) is 0.967. The number of rotatable bonds is 11. The first-order chi connectivity index (χ1) is 10.6. The molecule has 0 fully saturated rings. The molecule has 0 aliphatic carbocycles. The molecule has 0 saturated carbocycles. The van der Waals surface area contributed by atoms with Crippen LogP contribution >= 0.6 is 0 Å². The Morgan fingerprint density at radius 2 is 1.95 bits per heavy atom. The molecular weight excluding hydrogens is 272 g/mol. The van der Waals surface area contributed by atoms with Gasteiger partial charge in [-0.25, -0.2) is 0 Å². The normalized spacial score (nSPS) is 12.0. The van der Waals surface area contributed by atoms with Crippen LogP contribution in [0.3, 0.4) is 0 Å². The molecule has 1 rings (SSSR count). The predicted octanol–water partition coefficient (Wildman–Crippen LogP) is 5.37. The maximum Gasteiger partial charge on any atom is 0.127 e. The molecule has 0 heterocycles. The molecule has 0 aliphatic rings. The van der Waals surface area contributed by atoms with E-state index in [-0.39, 0.29) is 5.60 Å². The summed E-state index contributed by atoms with van der Waals surface area (Å²) >= 11 is 0. The molecular formula is C20H31O2. The summed E-state index contributed by atoms with van der Waals surface area (Å²) in [6.45, 7) is 11.6. The Balaban J connectivity index is 2.57. The average molecular weight is 303 g/mol. The van der Waals surface area contributed by atoms with Gasteiger partial charge in [-0.2, -0.15) is 0 Å². The van der Waals surface area contributed by atoms with Crippen LogP contribution in [0.4, 0.5) is 0 Å². The molecule has 0 N–H and O–H groups in total. The summed E-state index contributed by atoms with van der Waals surface area (Å²) in [6, 6.07) is 8.28. The summed E-state index contributed by atoms with van der Waals surface area (Å²) in [7, 11) is 0. The highest BCUT2D eigenvalue weighted by Gasteiger charge is 2.21. The fraction of sp³-hybridized carbons (Fsp3) is 0.550. The summed E-state index contributed by atoms with van der Waals surface area (Å²) in [4.78, 5) is 0. The van der Waals surface area contributed by atoms with Crippen molar-refractivity contribution in [1.29, 1.82) is 0 Å². The lowest BCUT2D eigenvalue weighted by Gasteiger charge is -2.27. The van der Waals surface area contributed by atoms with Crippen molar-refractivity contribution in [3.63, 3.8) is 0 Å². The Labute approximate surface area is 136 Å². The van der Waals surface area contributed by atoms with Crippen LogP contribution in [0.2, 0.25) is 0 Å². The molecule has 0 amide bonds. The van der Waals surface area contributed by atoms with Gasteiger partial charge in [-0.1, -0.05) is 43.7 Å². The maximum atomic E-state index is 6.21. The Morgan fingerprint density at radius 1 is 1.18 bits per heavy atom. The first kappa shape index (κ1) is 18.8. The summed E-state index contributed by atoms with van der Waals surface area (Å²) in [6.07, 6.45) is 9.40. The molecule has 1 radical (unpaired) electrons. The van der Waals surface area contributed by atoms with Crippen LogP contribution in [-0.4, -0.2) is 18.8 Å². The monoisotopic (exact) mass is 303 g/mol. The lowest BCUT2D eigenvalue weighted by atomic mass is 10.1. The smallest absolute Gasteiger partial charge is 0.127 e. The second-order valence-corrected chi connectivity index (χ2v) is 6.17. The van der Waals surface area contributed by atoms with Crippen molar-refractivity contribution >= 4 is 0 Å². The maximum absolute atomic E-state index is 6.21. The molecule has 1 aromatic rings. The van der Waals surface area contributed by atoms with Crippen molar-refractivity contribution in [2.24, 2.45) is 0 Å². The molecule has 1 aromatic carbocycles. The standard InChI is InChI=1S/C20H31O2/c1-5-7-9-10-13-18-14-11-12-15-19(18)22-20(3,4)17-21-16-8-6-2/h7,9,11-12,14-15H,1,5-6,8,10,13,16-17H2,2-4H3. The fourth-order valence-electron chi connectivity index (χ4n) is 2.18. The van der Waals surface area contributed by atoms with Gasteiger partial charge in [0.2, 0.25) is 0 Å². The van der Waals surface area contributed by atoms with E-state index in [9.17, 15) is 0 Å². The van der Waals surface area contributed by atoms with Crippen LogP contribution in [0.15, 0.2) is 36.4 Å². The third-order valence-electron chi connectivity index (χ3n) is 3.36. The molecule has 0 aromatic heterocycles. The van der Waals surface area contributed by atoms with Crippen molar-refractivity contribution < 1.29 is 9.47 Å². The van der Waals surface area contributed by atoms with Gasteiger partial charge in [-0.15, -0.1) is 0 Å². The van der Waals surface area contributed by atoms with Gasteiger partial charge in [0.1, 0.15) is 11.4 Å². The van der Waals surface area contributed by atoms with E-state index < -0.39 is 0 Å². The summed E-state index contributed by atoms with van der Waals surface area (Å²) in [5, 5.41) is 0. The van der Waals surface area contributed by atoms with E-state index in [0.29, 0.717) is 6.61 Å². The SMILES string of the molecule is [CH2]CC=CCCc1ccccc1OC(C)(C)COCCCC. The molecule has 0 atom stereocenters. The van der Waals surface area contributed by atoms with E-state index in [1.54, 1.807) is 0 Å². The van der Waals surface area contributed by atoms with Crippen LogP contribution in [-0.2, 0) is 11.2 Å². The van der Waals surface area contributed by atoms with Gasteiger partial charge in [-0.3, -0.25) is 0 Å². The van der Waals surface area contributed by atoms with Crippen molar-refractivity contribution in [1.82, 2.24) is 0 Å². The quantitative estimate of drug-likeness (QED) is 0.404. The van der Waals surface area contributed by atoms with E-state index in [4.69, 9.17) is 9.47 Å². The minimum Gasteiger partial charge on any atom is -0.485 e. The highest BCUT2D eigenvalue weighted by atomic mass is 16.5. The molecule has 0 bridgehead atoms. The van der Waals surface area contributed by atoms with Crippen molar-refractivity contribution in [2.45, 2.75) is 58.5 Å². The van der Waals surface area contributed by atoms with Crippen LogP contribution < -0.4 is 4.74 Å². The zero-order chi connectivity index (χ0) is 16.3. The fourth-order valence-corrected chi connectivity index (χ4v) is 2.18. The van der Waals surface area contributed by atoms with Gasteiger partial charge in [0.15, 0.2) is 0 Å². The minimum absolute atomic E-state index is 0.312. The van der Waals surface area contributed by atoms with Gasteiger partial charge < -0.3 is 9.47 Å². The molecule has 22 heavy (non-hydrogen) atoms. The topological polar surface area (TPSA) is 18.5 Å². The third kappa shape index (κ3) is 7.65. The minimum atomic E-state index is -0.312. The lowest BCUT2D eigenvalue weighted by Crippen LogP contribution is -2.34. The molecule has 0 aliphatic heterocycles. The van der Waals surface area contributed by atoms with Crippen molar-refractivity contribution in [3.8, 4) is 5.75 Å². The van der Waals surface area contributed by atoms with Gasteiger partial charge in [0, 0.05) is 6.61 Å². The van der Waals surface area contributed by atoms with E-state index in [1.165, 1.54) is 5.56 Å². The number of aryl methyl sites for hydroxylation is 1. The lowest BCUT2D eigenvalue weighted by molar-refractivity contribution is -0.00452. The largest absolute Gasteiger partial charge is 0.485 e. The van der Waals surface area contributed by atoms with Gasteiger partial charge in [-0.05, 0) is 58.1 Å². The average Bonchev–Trinajstić information content (AvgIpc) is 2.49. The van der Waals surface area contributed by atoms with E-state index in [1.807, 2.05) is 12.1 Å². The second-order valence-electron chi connectivity index (χ2n) is 6.17. The highest BCUT2D eigenvalue weighted by Crippen LogP contribution is 2.24. The molecule has 123 valence electrons. The van der Waals surface area contributed by atoms with E-state index in [2.05, 4.69) is 52.0 Å². The van der Waals surface area contributed by atoms with Gasteiger partial charge in [0.25, 0.3) is 0 Å². The molecule has 0 saturated heterocycles. The van der Waals surface area contributed by atoms with Crippen LogP contribution in [0, 0.1) is 6.92 Å². The first-order valence-corrected chi connectivity index (χ1v) is 8.38. The Bertz CT molecular complexity index is 435. The third-order valence-corrected chi connectivity index (χ3v) is 3.36. The molecule has 0 spiro atoms. The van der Waals surface area contributed by atoms with E-state index >= 15 is 0 Å². The van der Waals surface area contributed by atoms with Crippen molar-refractivity contribution in [3.05, 3.63) is 48.9 Å². The van der Waals surface area contributed by atoms with Gasteiger partial charge in [0.05, 0.1) is 6.61 Å². The Morgan fingerprint density at radius 3 is 2.68 bits per heavy atom. The molecule has 2 nitrogen and oxygen atoms in total. The first-order valence-electron chi connectivity index (χ1n) is 8.38. The predicted molar refractivity (Wildman–Crippen MR) is 94.3 cm³/mol. The number of unbranched alkanes of at least 4 members (excludes halogenated alkanes) is 1. The molecule has 2 heteroatoms. The summed E-state index contributed by atoms with van der Waals surface area (Å²) < 4.78 is 11.9. The number of hydrogen-bond acceptors (Lipinski definition) is 2. The number of hydrogen-bond donors (Lipinski definition) is 0. The zero-order valence-corrected chi connectivity index (χ0v) is 14.4. The number of para-hydroxylation sites is 1. The summed E-state index contributed by atoms with van der Waals surface area (Å²) in [5.41, 5.74) is 0.936. The van der Waals surface area contributed by atoms with Crippen LogP contribution in [0.5, 0.6) is 5.75 Å².